The second-order valence-electron chi connectivity index (χ2n) is 2.94. The van der Waals surface area contributed by atoms with Crippen molar-refractivity contribution in [3.05, 3.63) is 35.4 Å². The maximum Gasteiger partial charge on any atom is 0.219 e. The molecule has 0 fully saturated rings. The van der Waals surface area contributed by atoms with Crippen molar-refractivity contribution in [3.63, 3.8) is 0 Å². The number of hydrogen-bond donors (Lipinski definition) is 2. The molecule has 1 atom stereocenters. The van der Waals surface area contributed by atoms with Crippen molar-refractivity contribution in [3.8, 4) is 0 Å². The second kappa shape index (κ2) is 4.15. The lowest BCUT2D eigenvalue weighted by Gasteiger charge is -2.10. The molecule has 0 spiro atoms. The number of hydrogen-bond acceptors (Lipinski definition) is 2. The first-order chi connectivity index (χ1) is 6.50. The van der Waals surface area contributed by atoms with Crippen LogP contribution in [0.1, 0.15) is 18.0 Å². The van der Waals surface area contributed by atoms with Gasteiger partial charge in [0.15, 0.2) is 0 Å². The van der Waals surface area contributed by atoms with Gasteiger partial charge in [0.05, 0.1) is 0 Å². The average Bonchev–Trinajstić information content (AvgIpc) is 2.01. The molecule has 0 saturated heterocycles. The Balaban J connectivity index is 2.90. The van der Waals surface area contributed by atoms with E-state index in [9.17, 15) is 13.6 Å². The van der Waals surface area contributed by atoms with Crippen LogP contribution in [0.15, 0.2) is 18.2 Å². The maximum atomic E-state index is 13.1. The van der Waals surface area contributed by atoms with Crippen LogP contribution in [0.2, 0.25) is 0 Å². The van der Waals surface area contributed by atoms with Crippen LogP contribution in [0.4, 0.5) is 8.78 Å². The van der Waals surface area contributed by atoms with Crippen molar-refractivity contribution in [1.82, 2.24) is 0 Å². The molecule has 0 bridgehead atoms. The van der Waals surface area contributed by atoms with Crippen LogP contribution in [-0.4, -0.2) is 5.91 Å². The summed E-state index contributed by atoms with van der Waals surface area (Å²) in [4.78, 5) is 10.5. The Morgan fingerprint density at radius 3 is 2.57 bits per heavy atom. The molecule has 0 aliphatic carbocycles. The fourth-order valence-corrected chi connectivity index (χ4v) is 1.13. The smallest absolute Gasteiger partial charge is 0.219 e. The maximum absolute atomic E-state index is 13.1. The molecule has 1 rings (SSSR count). The molecule has 1 aromatic rings. The molecular weight excluding hydrogens is 190 g/mol. The molecule has 3 nitrogen and oxygen atoms in total. The Hall–Kier alpha value is -1.49. The van der Waals surface area contributed by atoms with Gasteiger partial charge in [0.2, 0.25) is 5.91 Å². The van der Waals surface area contributed by atoms with Gasteiger partial charge >= 0.3 is 0 Å². The third-order valence-corrected chi connectivity index (χ3v) is 1.78. The van der Waals surface area contributed by atoms with E-state index in [1.54, 1.807) is 0 Å². The highest BCUT2D eigenvalue weighted by Crippen LogP contribution is 2.18. The summed E-state index contributed by atoms with van der Waals surface area (Å²) in [5, 5.41) is 0. The monoisotopic (exact) mass is 200 g/mol. The fraction of sp³-hybridized carbons (Fsp3) is 0.222. The minimum absolute atomic E-state index is 0.0881. The molecule has 1 aromatic carbocycles. The Bertz CT molecular complexity index is 355. The average molecular weight is 200 g/mol. The fourth-order valence-electron chi connectivity index (χ4n) is 1.13. The van der Waals surface area contributed by atoms with Gasteiger partial charge in [-0.2, -0.15) is 0 Å². The summed E-state index contributed by atoms with van der Waals surface area (Å²) in [6.07, 6.45) is -0.164. The largest absolute Gasteiger partial charge is 0.370 e. The van der Waals surface area contributed by atoms with Crippen molar-refractivity contribution < 1.29 is 13.6 Å². The molecule has 4 N–H and O–H groups in total. The molecule has 0 aliphatic rings. The van der Waals surface area contributed by atoms with Gasteiger partial charge in [0.1, 0.15) is 11.6 Å². The molecule has 76 valence electrons. The third-order valence-electron chi connectivity index (χ3n) is 1.78. The molecule has 0 saturated carbocycles. The summed E-state index contributed by atoms with van der Waals surface area (Å²) >= 11 is 0. The highest BCUT2D eigenvalue weighted by atomic mass is 19.1. The molecule has 0 unspecified atom stereocenters. The molecule has 0 aromatic heterocycles. The summed E-state index contributed by atoms with van der Waals surface area (Å²) < 4.78 is 25.6. The van der Waals surface area contributed by atoms with Gasteiger partial charge in [-0.25, -0.2) is 8.78 Å². The standard InChI is InChI=1S/C9H10F2N2O/c10-5-1-2-6(7(11)3-5)8(12)4-9(13)14/h1-3,8H,4,12H2,(H2,13,14)/t8-/m0/s1. The normalized spacial score (nSPS) is 12.5. The number of rotatable bonds is 3. The zero-order chi connectivity index (χ0) is 10.7. The van der Waals surface area contributed by atoms with E-state index in [2.05, 4.69) is 0 Å². The minimum atomic E-state index is -0.826. The van der Waals surface area contributed by atoms with E-state index in [0.717, 1.165) is 12.1 Å². The Morgan fingerprint density at radius 1 is 1.43 bits per heavy atom. The lowest BCUT2D eigenvalue weighted by Crippen LogP contribution is -2.21. The minimum Gasteiger partial charge on any atom is -0.370 e. The van der Waals surface area contributed by atoms with Gasteiger partial charge in [-0.05, 0) is 6.07 Å². The van der Waals surface area contributed by atoms with E-state index in [-0.39, 0.29) is 12.0 Å². The third kappa shape index (κ3) is 2.50. The molecule has 5 heteroatoms. The van der Waals surface area contributed by atoms with E-state index in [1.807, 2.05) is 0 Å². The first kappa shape index (κ1) is 10.6. The van der Waals surface area contributed by atoms with E-state index in [0.29, 0.717) is 0 Å². The number of amides is 1. The van der Waals surface area contributed by atoms with Gasteiger partial charge < -0.3 is 11.5 Å². The highest BCUT2D eigenvalue weighted by molar-refractivity contribution is 5.74. The van der Waals surface area contributed by atoms with Crippen LogP contribution in [0.25, 0.3) is 0 Å². The van der Waals surface area contributed by atoms with E-state index < -0.39 is 23.6 Å². The van der Waals surface area contributed by atoms with Gasteiger partial charge in [0, 0.05) is 24.1 Å². The van der Waals surface area contributed by atoms with E-state index in [1.165, 1.54) is 6.07 Å². The predicted molar refractivity (Wildman–Crippen MR) is 47.1 cm³/mol. The molecular formula is C9H10F2N2O. The Kier molecular flexibility index (Phi) is 3.14. The lowest BCUT2D eigenvalue weighted by molar-refractivity contribution is -0.118. The van der Waals surface area contributed by atoms with Crippen LogP contribution in [0.3, 0.4) is 0 Å². The second-order valence-corrected chi connectivity index (χ2v) is 2.94. The number of primary amides is 1. The number of halogens is 2. The number of benzene rings is 1. The molecule has 14 heavy (non-hydrogen) atoms. The number of carbonyl (C=O) groups excluding carboxylic acids is 1. The van der Waals surface area contributed by atoms with Crippen molar-refractivity contribution in [2.45, 2.75) is 12.5 Å². The highest BCUT2D eigenvalue weighted by Gasteiger charge is 2.13. The zero-order valence-corrected chi connectivity index (χ0v) is 7.34. The number of nitrogens with two attached hydrogens (primary N) is 2. The summed E-state index contributed by atoms with van der Waals surface area (Å²) in [5.41, 5.74) is 10.5. The van der Waals surface area contributed by atoms with Crippen LogP contribution in [0, 0.1) is 11.6 Å². The van der Waals surface area contributed by atoms with Crippen LogP contribution >= 0.6 is 0 Å². The summed E-state index contributed by atoms with van der Waals surface area (Å²) in [6, 6.07) is 2.18. The SMILES string of the molecule is NC(=O)C[C@H](N)c1ccc(F)cc1F. The van der Waals surface area contributed by atoms with Crippen molar-refractivity contribution in [1.29, 1.82) is 0 Å². The number of carbonyl (C=O) groups is 1. The Morgan fingerprint density at radius 2 is 2.07 bits per heavy atom. The predicted octanol–water partition coefficient (Wildman–Crippen LogP) is 0.840. The molecule has 0 radical (unpaired) electrons. The quantitative estimate of drug-likeness (QED) is 0.759. The van der Waals surface area contributed by atoms with Crippen LogP contribution in [-0.2, 0) is 4.79 Å². The Labute approximate surface area is 79.7 Å². The van der Waals surface area contributed by atoms with Crippen LogP contribution in [0.5, 0.6) is 0 Å². The van der Waals surface area contributed by atoms with Gasteiger partial charge in [-0.3, -0.25) is 4.79 Å². The van der Waals surface area contributed by atoms with Crippen molar-refractivity contribution in [2.24, 2.45) is 11.5 Å². The molecule has 1 amide bonds. The summed E-state index contributed by atoms with van der Waals surface area (Å²) in [6.45, 7) is 0. The molecule has 0 heterocycles. The van der Waals surface area contributed by atoms with Gasteiger partial charge in [-0.15, -0.1) is 0 Å². The van der Waals surface area contributed by atoms with Crippen molar-refractivity contribution in [2.75, 3.05) is 0 Å². The first-order valence-corrected chi connectivity index (χ1v) is 3.99. The summed E-state index contributed by atoms with van der Waals surface area (Å²) in [7, 11) is 0. The van der Waals surface area contributed by atoms with Crippen LogP contribution < -0.4 is 11.5 Å². The van der Waals surface area contributed by atoms with Gasteiger partial charge in [-0.1, -0.05) is 6.07 Å². The summed E-state index contributed by atoms with van der Waals surface area (Å²) in [5.74, 6) is -2.07. The first-order valence-electron chi connectivity index (χ1n) is 3.99. The van der Waals surface area contributed by atoms with E-state index in [4.69, 9.17) is 11.5 Å². The van der Waals surface area contributed by atoms with Gasteiger partial charge in [0.25, 0.3) is 0 Å². The van der Waals surface area contributed by atoms with E-state index >= 15 is 0 Å². The lowest BCUT2D eigenvalue weighted by atomic mass is 10.0. The topological polar surface area (TPSA) is 69.1 Å². The zero-order valence-electron chi connectivity index (χ0n) is 7.34. The van der Waals surface area contributed by atoms with Crippen molar-refractivity contribution >= 4 is 5.91 Å². The molecule has 0 aliphatic heterocycles.